The van der Waals surface area contributed by atoms with Crippen molar-refractivity contribution in [3.63, 3.8) is 0 Å². The molecule has 2 rings (SSSR count). The highest BCUT2D eigenvalue weighted by molar-refractivity contribution is 7.89. The molecule has 106 valence electrons. The first kappa shape index (κ1) is 14.1. The van der Waals surface area contributed by atoms with Crippen molar-refractivity contribution in [3.05, 3.63) is 12.4 Å². The van der Waals surface area contributed by atoms with Gasteiger partial charge in [0.2, 0.25) is 16.0 Å². The molecule has 19 heavy (non-hydrogen) atoms. The predicted molar refractivity (Wildman–Crippen MR) is 68.6 cm³/mol. The first-order valence-corrected chi connectivity index (χ1v) is 7.50. The molecule has 1 saturated heterocycles. The van der Waals surface area contributed by atoms with Crippen molar-refractivity contribution in [1.82, 2.24) is 14.7 Å². The van der Waals surface area contributed by atoms with Gasteiger partial charge in [0.1, 0.15) is 4.90 Å². The van der Waals surface area contributed by atoms with Crippen LogP contribution in [0.5, 0.6) is 0 Å². The standard InChI is InChI=1S/C10H17N5O3S/c11-15-10-12-6-9(7-13-10)19(16,17)14-4-3-8-2-1-5-18-8/h6-8,14H,1-5,11H2,(H,12,13,15). The SMILES string of the molecule is NNc1ncc(S(=O)(=O)NCCC2CCCO2)cn1. The number of ether oxygens (including phenoxy) is 1. The molecule has 1 aromatic heterocycles. The van der Waals surface area contributed by atoms with Gasteiger partial charge in [-0.15, -0.1) is 0 Å². The molecular weight excluding hydrogens is 270 g/mol. The van der Waals surface area contributed by atoms with E-state index >= 15 is 0 Å². The third kappa shape index (κ3) is 3.83. The van der Waals surface area contributed by atoms with Gasteiger partial charge in [-0.25, -0.2) is 29.0 Å². The molecule has 0 radical (unpaired) electrons. The summed E-state index contributed by atoms with van der Waals surface area (Å²) in [6.07, 6.45) is 5.26. The minimum atomic E-state index is -3.58. The lowest BCUT2D eigenvalue weighted by atomic mass is 10.2. The Morgan fingerprint density at radius 1 is 1.42 bits per heavy atom. The summed E-state index contributed by atoms with van der Waals surface area (Å²) in [4.78, 5) is 7.53. The van der Waals surface area contributed by atoms with Crippen molar-refractivity contribution in [2.24, 2.45) is 5.84 Å². The first-order chi connectivity index (χ1) is 9.12. The first-order valence-electron chi connectivity index (χ1n) is 6.02. The molecule has 1 aromatic rings. The molecule has 8 nitrogen and oxygen atoms in total. The molecule has 1 unspecified atom stereocenters. The van der Waals surface area contributed by atoms with Gasteiger partial charge >= 0.3 is 0 Å². The number of anilines is 1. The highest BCUT2D eigenvalue weighted by Crippen LogP contribution is 2.15. The average molecular weight is 287 g/mol. The van der Waals surface area contributed by atoms with Crippen molar-refractivity contribution in [2.75, 3.05) is 18.6 Å². The van der Waals surface area contributed by atoms with E-state index in [0.29, 0.717) is 13.0 Å². The van der Waals surface area contributed by atoms with Crippen LogP contribution in [0.1, 0.15) is 19.3 Å². The normalized spacial score (nSPS) is 19.5. The molecule has 0 amide bonds. The Bertz CT molecular complexity index is 498. The van der Waals surface area contributed by atoms with E-state index in [0.717, 1.165) is 19.4 Å². The maximum atomic E-state index is 11.9. The van der Waals surface area contributed by atoms with Crippen LogP contribution in [-0.2, 0) is 14.8 Å². The largest absolute Gasteiger partial charge is 0.378 e. The molecule has 0 saturated carbocycles. The fourth-order valence-corrected chi connectivity index (χ4v) is 2.78. The highest BCUT2D eigenvalue weighted by Gasteiger charge is 2.18. The van der Waals surface area contributed by atoms with Crippen LogP contribution in [0.4, 0.5) is 5.95 Å². The zero-order chi connectivity index (χ0) is 13.7. The van der Waals surface area contributed by atoms with Gasteiger partial charge in [0.05, 0.1) is 18.5 Å². The van der Waals surface area contributed by atoms with Gasteiger partial charge in [-0.2, -0.15) is 0 Å². The molecule has 0 bridgehead atoms. The molecule has 1 aliphatic heterocycles. The number of aromatic nitrogens is 2. The lowest BCUT2D eigenvalue weighted by Gasteiger charge is -2.10. The minimum absolute atomic E-state index is 0.0128. The van der Waals surface area contributed by atoms with E-state index in [1.807, 2.05) is 0 Å². The van der Waals surface area contributed by atoms with Crippen LogP contribution in [-0.4, -0.2) is 37.6 Å². The maximum Gasteiger partial charge on any atom is 0.243 e. The Morgan fingerprint density at radius 2 is 2.16 bits per heavy atom. The number of nitrogens with zero attached hydrogens (tertiary/aromatic N) is 2. The second-order valence-corrected chi connectivity index (χ2v) is 5.98. The zero-order valence-electron chi connectivity index (χ0n) is 10.4. The van der Waals surface area contributed by atoms with E-state index in [4.69, 9.17) is 10.6 Å². The Hall–Kier alpha value is -1.29. The molecule has 4 N–H and O–H groups in total. The number of rotatable bonds is 6. The number of sulfonamides is 1. The molecule has 0 spiro atoms. The molecule has 0 aliphatic carbocycles. The van der Waals surface area contributed by atoms with Crippen molar-refractivity contribution >= 4 is 16.0 Å². The van der Waals surface area contributed by atoms with Crippen LogP contribution in [0.2, 0.25) is 0 Å². The van der Waals surface area contributed by atoms with E-state index < -0.39 is 10.0 Å². The van der Waals surface area contributed by atoms with Gasteiger partial charge < -0.3 is 4.74 Å². The molecule has 1 atom stereocenters. The van der Waals surface area contributed by atoms with E-state index in [-0.39, 0.29) is 16.9 Å². The second kappa shape index (κ2) is 6.24. The van der Waals surface area contributed by atoms with Crippen molar-refractivity contribution in [2.45, 2.75) is 30.3 Å². The van der Waals surface area contributed by atoms with E-state index in [1.165, 1.54) is 12.4 Å². The summed E-state index contributed by atoms with van der Waals surface area (Å²) in [6.45, 7) is 1.10. The second-order valence-electron chi connectivity index (χ2n) is 4.21. The Morgan fingerprint density at radius 3 is 2.74 bits per heavy atom. The van der Waals surface area contributed by atoms with Crippen LogP contribution in [0, 0.1) is 0 Å². The smallest absolute Gasteiger partial charge is 0.243 e. The fraction of sp³-hybridized carbons (Fsp3) is 0.600. The van der Waals surface area contributed by atoms with Crippen LogP contribution in [0.15, 0.2) is 17.3 Å². The van der Waals surface area contributed by atoms with Gasteiger partial charge in [-0.1, -0.05) is 0 Å². The Labute approximate surface area is 111 Å². The van der Waals surface area contributed by atoms with Gasteiger partial charge in [-0.3, -0.25) is 5.43 Å². The molecule has 1 fully saturated rings. The Balaban J connectivity index is 1.89. The van der Waals surface area contributed by atoms with E-state index in [2.05, 4.69) is 20.1 Å². The number of nitrogen functional groups attached to an aromatic ring is 1. The van der Waals surface area contributed by atoms with Crippen LogP contribution in [0.25, 0.3) is 0 Å². The number of nitrogens with two attached hydrogens (primary N) is 1. The van der Waals surface area contributed by atoms with Crippen LogP contribution in [0.3, 0.4) is 0 Å². The summed E-state index contributed by atoms with van der Waals surface area (Å²) < 4.78 is 31.8. The lowest BCUT2D eigenvalue weighted by molar-refractivity contribution is 0.105. The average Bonchev–Trinajstić information content (AvgIpc) is 2.92. The maximum absolute atomic E-state index is 11.9. The number of hydrogen-bond donors (Lipinski definition) is 3. The number of hydrogen-bond acceptors (Lipinski definition) is 7. The summed E-state index contributed by atoms with van der Waals surface area (Å²) in [5.41, 5.74) is 2.23. The summed E-state index contributed by atoms with van der Waals surface area (Å²) in [7, 11) is -3.58. The van der Waals surface area contributed by atoms with Gasteiger partial charge in [0, 0.05) is 13.2 Å². The molecule has 0 aromatic carbocycles. The van der Waals surface area contributed by atoms with Crippen LogP contribution < -0.4 is 16.0 Å². The molecule has 2 heterocycles. The van der Waals surface area contributed by atoms with Gasteiger partial charge in [0.25, 0.3) is 0 Å². The topological polar surface area (TPSA) is 119 Å². The monoisotopic (exact) mass is 287 g/mol. The van der Waals surface area contributed by atoms with E-state index in [1.54, 1.807) is 0 Å². The summed E-state index contributed by atoms with van der Waals surface area (Å²) in [6, 6.07) is 0. The third-order valence-corrected chi connectivity index (χ3v) is 4.27. The molecule has 1 aliphatic rings. The highest BCUT2D eigenvalue weighted by atomic mass is 32.2. The van der Waals surface area contributed by atoms with Crippen molar-refractivity contribution in [1.29, 1.82) is 0 Å². The van der Waals surface area contributed by atoms with Gasteiger partial charge in [-0.05, 0) is 19.3 Å². The fourth-order valence-electron chi connectivity index (χ4n) is 1.84. The summed E-state index contributed by atoms with van der Waals surface area (Å²) in [5, 5.41) is 0. The number of nitrogens with one attached hydrogen (secondary N) is 2. The molecular formula is C10H17N5O3S. The third-order valence-electron chi connectivity index (χ3n) is 2.85. The number of hydrazine groups is 1. The quantitative estimate of drug-likeness (QED) is 0.481. The van der Waals surface area contributed by atoms with E-state index in [9.17, 15) is 8.42 Å². The summed E-state index contributed by atoms with van der Waals surface area (Å²) in [5.74, 6) is 5.27. The zero-order valence-corrected chi connectivity index (χ0v) is 11.2. The predicted octanol–water partition coefficient (Wildman–Crippen LogP) is -0.390. The minimum Gasteiger partial charge on any atom is -0.378 e. The lowest BCUT2D eigenvalue weighted by Crippen LogP contribution is -2.27. The van der Waals surface area contributed by atoms with Gasteiger partial charge in [0.15, 0.2) is 0 Å². The van der Waals surface area contributed by atoms with Crippen LogP contribution >= 0.6 is 0 Å². The molecule has 9 heteroatoms. The Kier molecular flexibility index (Phi) is 4.64. The summed E-state index contributed by atoms with van der Waals surface area (Å²) >= 11 is 0. The van der Waals surface area contributed by atoms with Crippen molar-refractivity contribution < 1.29 is 13.2 Å². The van der Waals surface area contributed by atoms with Crippen molar-refractivity contribution in [3.8, 4) is 0 Å².